The van der Waals surface area contributed by atoms with Gasteiger partial charge in [-0.25, -0.2) is 8.42 Å². The molecular formula is C22H25ClN2O3S. The minimum atomic E-state index is -3.62. The van der Waals surface area contributed by atoms with Crippen LogP contribution in [-0.2, 0) is 27.7 Å². The second-order valence-electron chi connectivity index (χ2n) is 7.87. The van der Waals surface area contributed by atoms with Crippen LogP contribution in [0.2, 0.25) is 5.02 Å². The van der Waals surface area contributed by atoms with Gasteiger partial charge in [0.15, 0.2) is 0 Å². The van der Waals surface area contributed by atoms with Crippen molar-refractivity contribution >= 4 is 27.5 Å². The molecule has 2 aromatic rings. The molecule has 0 saturated carbocycles. The highest BCUT2D eigenvalue weighted by atomic mass is 35.5. The summed E-state index contributed by atoms with van der Waals surface area (Å²) in [6.07, 6.45) is 4.10. The van der Waals surface area contributed by atoms with Gasteiger partial charge in [-0.1, -0.05) is 35.9 Å². The molecule has 1 amide bonds. The third-order valence-corrected chi connectivity index (χ3v) is 8.03. The van der Waals surface area contributed by atoms with Crippen LogP contribution >= 0.6 is 11.6 Å². The summed E-state index contributed by atoms with van der Waals surface area (Å²) in [5.74, 6) is -0.353. The molecule has 5 nitrogen and oxygen atoms in total. The minimum Gasteiger partial charge on any atom is -0.353 e. The number of halogens is 1. The van der Waals surface area contributed by atoms with Crippen molar-refractivity contribution in [2.45, 2.75) is 43.0 Å². The van der Waals surface area contributed by atoms with Crippen molar-refractivity contribution in [1.82, 2.24) is 9.62 Å². The number of nitrogens with one attached hydrogen (secondary N) is 1. The van der Waals surface area contributed by atoms with Crippen molar-refractivity contribution < 1.29 is 13.2 Å². The van der Waals surface area contributed by atoms with Crippen molar-refractivity contribution in [3.63, 3.8) is 0 Å². The number of benzene rings is 2. The van der Waals surface area contributed by atoms with E-state index in [0.717, 1.165) is 19.3 Å². The lowest BCUT2D eigenvalue weighted by Gasteiger charge is -2.33. The number of carbonyl (C=O) groups is 1. The van der Waals surface area contributed by atoms with Crippen LogP contribution in [0.5, 0.6) is 0 Å². The summed E-state index contributed by atoms with van der Waals surface area (Å²) in [5.41, 5.74) is 2.65. The van der Waals surface area contributed by atoms with Crippen LogP contribution in [0, 0.1) is 5.92 Å². The van der Waals surface area contributed by atoms with Gasteiger partial charge in [0.25, 0.3) is 0 Å². The van der Waals surface area contributed by atoms with Crippen molar-refractivity contribution in [3.05, 3.63) is 64.7 Å². The number of fused-ring (bicyclic) bond motifs is 1. The highest BCUT2D eigenvalue weighted by molar-refractivity contribution is 7.89. The van der Waals surface area contributed by atoms with Gasteiger partial charge in [-0.3, -0.25) is 4.79 Å². The van der Waals surface area contributed by atoms with Crippen LogP contribution in [-0.4, -0.2) is 37.8 Å². The topological polar surface area (TPSA) is 66.5 Å². The first kappa shape index (κ1) is 20.4. The molecule has 0 spiro atoms. The van der Waals surface area contributed by atoms with Gasteiger partial charge in [-0.05, 0) is 67.5 Å². The van der Waals surface area contributed by atoms with E-state index < -0.39 is 10.0 Å². The Balaban J connectivity index is 1.40. The molecule has 7 heteroatoms. The Morgan fingerprint density at radius 2 is 1.76 bits per heavy atom. The largest absolute Gasteiger partial charge is 0.353 e. The molecule has 1 aliphatic heterocycles. The monoisotopic (exact) mass is 432 g/mol. The zero-order chi connectivity index (χ0) is 20.4. The predicted octanol–water partition coefficient (Wildman–Crippen LogP) is 3.41. The van der Waals surface area contributed by atoms with Gasteiger partial charge in [-0.15, -0.1) is 0 Å². The van der Waals surface area contributed by atoms with Crippen LogP contribution in [0.4, 0.5) is 0 Å². The van der Waals surface area contributed by atoms with E-state index in [-0.39, 0.29) is 29.3 Å². The Hall–Kier alpha value is -1.89. The van der Waals surface area contributed by atoms with Crippen LogP contribution in [0.15, 0.2) is 53.4 Å². The first-order valence-electron chi connectivity index (χ1n) is 10.1. The summed E-state index contributed by atoms with van der Waals surface area (Å²) >= 11 is 5.88. The summed E-state index contributed by atoms with van der Waals surface area (Å²) in [4.78, 5) is 13.1. The first-order valence-corrected chi connectivity index (χ1v) is 11.9. The first-order chi connectivity index (χ1) is 13.9. The van der Waals surface area contributed by atoms with E-state index in [0.29, 0.717) is 24.4 Å². The maximum Gasteiger partial charge on any atom is 0.243 e. The van der Waals surface area contributed by atoms with Gasteiger partial charge in [0.1, 0.15) is 0 Å². The maximum atomic E-state index is 12.9. The summed E-state index contributed by atoms with van der Waals surface area (Å²) in [7, 11) is -3.62. The Morgan fingerprint density at radius 3 is 2.52 bits per heavy atom. The zero-order valence-corrected chi connectivity index (χ0v) is 17.8. The molecule has 2 unspecified atom stereocenters. The Kier molecular flexibility index (Phi) is 5.95. The predicted molar refractivity (Wildman–Crippen MR) is 113 cm³/mol. The van der Waals surface area contributed by atoms with Crippen molar-refractivity contribution in [3.8, 4) is 0 Å². The average Bonchev–Trinajstić information content (AvgIpc) is 2.74. The second kappa shape index (κ2) is 8.46. The van der Waals surface area contributed by atoms with Gasteiger partial charge < -0.3 is 5.32 Å². The Morgan fingerprint density at radius 1 is 1.03 bits per heavy atom. The smallest absolute Gasteiger partial charge is 0.243 e. The number of amides is 1. The Labute approximate surface area is 177 Å². The van der Waals surface area contributed by atoms with E-state index in [1.165, 1.54) is 27.6 Å². The lowest BCUT2D eigenvalue weighted by Crippen LogP contribution is -2.48. The molecule has 0 radical (unpaired) electrons. The number of nitrogens with zero attached hydrogens (tertiary/aromatic N) is 1. The fourth-order valence-electron chi connectivity index (χ4n) is 4.27. The fourth-order valence-corrected chi connectivity index (χ4v) is 5.92. The van der Waals surface area contributed by atoms with Crippen molar-refractivity contribution in [1.29, 1.82) is 0 Å². The molecule has 0 aromatic heterocycles. The highest BCUT2D eigenvalue weighted by Gasteiger charge is 2.34. The number of carbonyl (C=O) groups excluding carboxylic acids is 1. The van der Waals surface area contributed by atoms with Crippen LogP contribution < -0.4 is 5.32 Å². The van der Waals surface area contributed by atoms with Crippen molar-refractivity contribution in [2.24, 2.45) is 5.92 Å². The van der Waals surface area contributed by atoms with E-state index in [1.807, 2.05) is 6.07 Å². The average molecular weight is 433 g/mol. The normalized spacial score (nSPS) is 22.7. The molecule has 154 valence electrons. The SMILES string of the molecule is O=C(NC1CCc2ccccc2C1)C1CCCN(S(=O)(=O)c2ccc(Cl)cc2)C1. The number of aryl methyl sites for hydroxylation is 1. The number of rotatable bonds is 4. The summed E-state index contributed by atoms with van der Waals surface area (Å²) < 4.78 is 27.3. The molecule has 2 atom stereocenters. The highest BCUT2D eigenvalue weighted by Crippen LogP contribution is 2.26. The molecule has 2 aromatic carbocycles. The van der Waals surface area contributed by atoms with Crippen LogP contribution in [0.3, 0.4) is 0 Å². The lowest BCUT2D eigenvalue weighted by molar-refractivity contribution is -0.126. The van der Waals surface area contributed by atoms with Crippen molar-refractivity contribution in [2.75, 3.05) is 13.1 Å². The zero-order valence-electron chi connectivity index (χ0n) is 16.2. The summed E-state index contributed by atoms with van der Waals surface area (Å²) in [6, 6.07) is 14.6. The number of hydrogen-bond donors (Lipinski definition) is 1. The molecule has 2 aliphatic rings. The lowest BCUT2D eigenvalue weighted by atomic mass is 9.88. The maximum absolute atomic E-state index is 12.9. The van der Waals surface area contributed by atoms with E-state index >= 15 is 0 Å². The summed E-state index contributed by atoms with van der Waals surface area (Å²) in [5, 5.41) is 3.67. The molecular weight excluding hydrogens is 408 g/mol. The molecule has 1 saturated heterocycles. The van der Waals surface area contributed by atoms with Gasteiger partial charge in [0.05, 0.1) is 10.8 Å². The number of piperidine rings is 1. The standard InChI is InChI=1S/C22H25ClN2O3S/c23-19-8-11-21(12-9-19)29(27,28)25-13-3-6-18(15-25)22(26)24-20-10-7-16-4-1-2-5-17(16)14-20/h1-2,4-5,8-9,11-12,18,20H,3,6-7,10,13-15H2,(H,24,26). The third-order valence-electron chi connectivity index (χ3n) is 5.90. The quantitative estimate of drug-likeness (QED) is 0.805. The molecule has 1 N–H and O–H groups in total. The second-order valence-corrected chi connectivity index (χ2v) is 10.2. The number of sulfonamides is 1. The van der Waals surface area contributed by atoms with Gasteiger partial charge in [0.2, 0.25) is 15.9 Å². The van der Waals surface area contributed by atoms with E-state index in [4.69, 9.17) is 11.6 Å². The molecule has 4 rings (SSSR count). The van der Waals surface area contributed by atoms with E-state index in [2.05, 4.69) is 23.5 Å². The van der Waals surface area contributed by atoms with Gasteiger partial charge in [0, 0.05) is 24.2 Å². The molecule has 1 heterocycles. The van der Waals surface area contributed by atoms with Gasteiger partial charge >= 0.3 is 0 Å². The molecule has 29 heavy (non-hydrogen) atoms. The third kappa shape index (κ3) is 4.49. The molecule has 0 bridgehead atoms. The Bertz CT molecular complexity index is 991. The van der Waals surface area contributed by atoms with Gasteiger partial charge in [-0.2, -0.15) is 4.31 Å². The van der Waals surface area contributed by atoms with Crippen LogP contribution in [0.1, 0.15) is 30.4 Å². The van der Waals surface area contributed by atoms with E-state index in [9.17, 15) is 13.2 Å². The summed E-state index contributed by atoms with van der Waals surface area (Å²) in [6.45, 7) is 0.658. The minimum absolute atomic E-state index is 0.0367. The molecule has 1 fully saturated rings. The number of hydrogen-bond acceptors (Lipinski definition) is 3. The van der Waals surface area contributed by atoms with Crippen LogP contribution in [0.25, 0.3) is 0 Å². The van der Waals surface area contributed by atoms with E-state index in [1.54, 1.807) is 12.1 Å². The fraction of sp³-hybridized carbons (Fsp3) is 0.409. The molecule has 1 aliphatic carbocycles.